The average molecular weight is 340 g/mol. The zero-order chi connectivity index (χ0) is 16.7. The number of hydrogen-bond acceptors (Lipinski definition) is 4. The van der Waals surface area contributed by atoms with E-state index < -0.39 is 20.9 Å². The van der Waals surface area contributed by atoms with Crippen LogP contribution in [0.25, 0.3) is 0 Å². The minimum atomic E-state index is -4.12. The molecule has 0 aromatic carbocycles. The number of halogens is 1. The molecule has 2 N–H and O–H groups in total. The fourth-order valence-electron chi connectivity index (χ4n) is 3.52. The molecule has 0 amide bonds. The molecule has 1 fully saturated rings. The molecule has 5 nitrogen and oxygen atoms in total. The molecule has 2 atom stereocenters. The summed E-state index contributed by atoms with van der Waals surface area (Å²) in [4.78, 5) is 4.37. The Kier molecular flexibility index (Phi) is 4.18. The predicted octanol–water partition coefficient (Wildman–Crippen LogP) is 2.98. The molecule has 3 rings (SSSR count). The van der Waals surface area contributed by atoms with Gasteiger partial charge in [0.25, 0.3) is 0 Å². The largest absolute Gasteiger partial charge is 0.442 e. The third-order valence-electron chi connectivity index (χ3n) is 4.60. The van der Waals surface area contributed by atoms with E-state index in [1.54, 1.807) is 6.92 Å². The van der Waals surface area contributed by atoms with Crippen molar-refractivity contribution in [3.05, 3.63) is 41.6 Å². The summed E-state index contributed by atoms with van der Waals surface area (Å²) in [7, 11) is -4.12. The maximum absolute atomic E-state index is 15.8. The molecule has 23 heavy (non-hydrogen) atoms. The van der Waals surface area contributed by atoms with Crippen LogP contribution < -0.4 is 5.14 Å². The van der Waals surface area contributed by atoms with E-state index in [1.807, 2.05) is 0 Å². The first kappa shape index (κ1) is 16.4. The monoisotopic (exact) mass is 340 g/mol. The van der Waals surface area contributed by atoms with Gasteiger partial charge in [-0.05, 0) is 18.9 Å². The number of alkyl halides is 1. The van der Waals surface area contributed by atoms with Crippen molar-refractivity contribution in [2.45, 2.75) is 55.9 Å². The molecular weight excluding hydrogens is 319 g/mol. The minimum Gasteiger partial charge on any atom is -0.442 e. The first-order valence-electron chi connectivity index (χ1n) is 7.87. The summed E-state index contributed by atoms with van der Waals surface area (Å²) in [6, 6.07) is 0. The number of oxazole rings is 1. The van der Waals surface area contributed by atoms with Crippen molar-refractivity contribution < 1.29 is 17.2 Å². The van der Waals surface area contributed by atoms with Gasteiger partial charge in [0.2, 0.25) is 15.7 Å². The van der Waals surface area contributed by atoms with Crippen LogP contribution in [0.1, 0.15) is 55.4 Å². The first-order valence-corrected chi connectivity index (χ1v) is 9.47. The first-order chi connectivity index (χ1) is 10.8. The number of nitrogens with zero attached hydrogens (tertiary/aromatic N) is 1. The molecule has 0 bridgehead atoms. The van der Waals surface area contributed by atoms with Crippen LogP contribution in [-0.2, 0) is 15.7 Å². The van der Waals surface area contributed by atoms with Gasteiger partial charge in [0, 0.05) is 12.8 Å². The Morgan fingerprint density at radius 2 is 2.00 bits per heavy atom. The molecule has 1 aromatic heterocycles. The molecule has 126 valence electrons. The molecule has 1 aromatic rings. The lowest BCUT2D eigenvalue weighted by Crippen LogP contribution is -2.43. The number of sulfonamides is 1. The highest BCUT2D eigenvalue weighted by Crippen LogP contribution is 2.44. The van der Waals surface area contributed by atoms with Crippen LogP contribution in [-0.4, -0.2) is 18.7 Å². The van der Waals surface area contributed by atoms with Gasteiger partial charge >= 0.3 is 0 Å². The Morgan fingerprint density at radius 3 is 2.65 bits per heavy atom. The maximum atomic E-state index is 15.8. The molecule has 0 aliphatic heterocycles. The van der Waals surface area contributed by atoms with Crippen LogP contribution >= 0.6 is 0 Å². The maximum Gasteiger partial charge on any atom is 0.219 e. The number of allylic oxidation sites excluding steroid dienone is 3. The Hall–Kier alpha value is -1.47. The predicted molar refractivity (Wildman–Crippen MR) is 85.0 cm³/mol. The lowest BCUT2D eigenvalue weighted by atomic mass is 9.83. The summed E-state index contributed by atoms with van der Waals surface area (Å²) >= 11 is 0. The van der Waals surface area contributed by atoms with Gasteiger partial charge < -0.3 is 4.42 Å². The van der Waals surface area contributed by atoms with Gasteiger partial charge in [-0.25, -0.2) is 22.9 Å². The number of nitrogens with two attached hydrogens (primary N) is 1. The highest BCUT2D eigenvalue weighted by Gasteiger charge is 2.50. The van der Waals surface area contributed by atoms with E-state index in [-0.39, 0.29) is 11.7 Å². The summed E-state index contributed by atoms with van der Waals surface area (Å²) in [5.74, 6) is 0.430. The zero-order valence-electron chi connectivity index (χ0n) is 13.0. The summed E-state index contributed by atoms with van der Waals surface area (Å²) in [5, 5.41) is 3.74. The van der Waals surface area contributed by atoms with Gasteiger partial charge in [-0.3, -0.25) is 0 Å². The minimum absolute atomic E-state index is 0.0125. The molecule has 2 aliphatic carbocycles. The second-order valence-corrected chi connectivity index (χ2v) is 7.99. The van der Waals surface area contributed by atoms with Crippen LogP contribution in [0, 0.1) is 6.92 Å². The lowest BCUT2D eigenvalue weighted by molar-refractivity contribution is 0.188. The summed E-state index contributed by atoms with van der Waals surface area (Å²) < 4.78 is 45.0. The summed E-state index contributed by atoms with van der Waals surface area (Å²) in [5.41, 5.74) is -1.78. The summed E-state index contributed by atoms with van der Waals surface area (Å²) in [6.07, 6.45) is 10.5. The van der Waals surface area contributed by atoms with Crippen molar-refractivity contribution in [3.63, 3.8) is 0 Å². The molecule has 7 heteroatoms. The topological polar surface area (TPSA) is 86.2 Å². The quantitative estimate of drug-likeness (QED) is 0.916. The Bertz CT molecular complexity index is 747. The summed E-state index contributed by atoms with van der Waals surface area (Å²) in [6.45, 7) is 1.65. The van der Waals surface area contributed by atoms with Crippen molar-refractivity contribution in [2.24, 2.45) is 5.14 Å². The Balaban J connectivity index is 2.09. The van der Waals surface area contributed by atoms with Crippen molar-refractivity contribution in [2.75, 3.05) is 0 Å². The van der Waals surface area contributed by atoms with Crippen LogP contribution in [0.15, 0.2) is 28.7 Å². The Morgan fingerprint density at radius 1 is 1.30 bits per heavy atom. The average Bonchev–Trinajstić information content (AvgIpc) is 2.90. The van der Waals surface area contributed by atoms with E-state index in [4.69, 9.17) is 9.56 Å². The second-order valence-electron chi connectivity index (χ2n) is 6.30. The van der Waals surface area contributed by atoms with Crippen molar-refractivity contribution in [1.29, 1.82) is 0 Å². The molecule has 0 spiro atoms. The van der Waals surface area contributed by atoms with Crippen LogP contribution in [0.3, 0.4) is 0 Å². The van der Waals surface area contributed by atoms with Crippen molar-refractivity contribution in [3.8, 4) is 0 Å². The van der Waals surface area contributed by atoms with Crippen LogP contribution in [0.4, 0.5) is 4.39 Å². The lowest BCUT2D eigenvalue weighted by Gasteiger charge is -2.30. The number of aryl methyl sites for hydroxylation is 1. The van der Waals surface area contributed by atoms with E-state index in [9.17, 15) is 8.42 Å². The van der Waals surface area contributed by atoms with E-state index in [0.717, 1.165) is 32.1 Å². The van der Waals surface area contributed by atoms with E-state index in [2.05, 4.69) is 4.98 Å². The Labute approximate surface area is 135 Å². The number of hydrogen-bond donors (Lipinski definition) is 1. The molecule has 1 saturated carbocycles. The second kappa shape index (κ2) is 5.87. The number of primary sulfonamides is 1. The normalized spacial score (nSPS) is 29.1. The van der Waals surface area contributed by atoms with Crippen molar-refractivity contribution >= 4 is 10.0 Å². The molecule has 2 aliphatic rings. The van der Waals surface area contributed by atoms with E-state index >= 15 is 4.39 Å². The number of rotatable bonds is 3. The fourth-order valence-corrected chi connectivity index (χ4v) is 4.49. The van der Waals surface area contributed by atoms with Crippen LogP contribution in [0.5, 0.6) is 0 Å². The van der Waals surface area contributed by atoms with Crippen LogP contribution in [0.2, 0.25) is 0 Å². The fraction of sp³-hybridized carbons (Fsp3) is 0.562. The highest BCUT2D eigenvalue weighted by atomic mass is 32.2. The third kappa shape index (κ3) is 2.99. The molecule has 0 radical (unpaired) electrons. The molecule has 2 unspecified atom stereocenters. The number of aromatic nitrogens is 1. The molecular formula is C16H21FN2O3S. The highest BCUT2D eigenvalue weighted by molar-refractivity contribution is 7.90. The van der Waals surface area contributed by atoms with Gasteiger partial charge in [0.05, 0.1) is 5.69 Å². The van der Waals surface area contributed by atoms with Gasteiger partial charge in [0.15, 0.2) is 11.7 Å². The van der Waals surface area contributed by atoms with Gasteiger partial charge in [-0.1, -0.05) is 37.5 Å². The SMILES string of the molecule is Cc1nc(C2CCCCC2)c(C2(F)C=CC=CC2S(N)(=O)=O)o1. The van der Waals surface area contributed by atoms with Gasteiger partial charge in [-0.2, -0.15) is 0 Å². The van der Waals surface area contributed by atoms with E-state index in [1.165, 1.54) is 24.3 Å². The standard InChI is InChI=1S/C16H21FN2O3S/c1-11-19-14(12-7-3-2-4-8-12)15(22-11)16(17)10-6-5-9-13(16)23(18,20)21/h5-6,9-10,12-13H,2-4,7-8H2,1H3,(H2,18,20,21). The zero-order valence-corrected chi connectivity index (χ0v) is 13.9. The van der Waals surface area contributed by atoms with Crippen molar-refractivity contribution in [1.82, 2.24) is 4.98 Å². The van der Waals surface area contributed by atoms with Gasteiger partial charge in [-0.15, -0.1) is 0 Å². The van der Waals surface area contributed by atoms with Gasteiger partial charge in [0.1, 0.15) is 5.25 Å². The molecule has 0 saturated heterocycles. The third-order valence-corrected chi connectivity index (χ3v) is 5.81. The smallest absolute Gasteiger partial charge is 0.219 e. The van der Waals surface area contributed by atoms with E-state index in [0.29, 0.717) is 11.6 Å². The molecule has 1 heterocycles.